The minimum atomic E-state index is 0. The first-order valence-corrected chi connectivity index (χ1v) is 9.27. The summed E-state index contributed by atoms with van der Waals surface area (Å²) in [6, 6.07) is 14.3. The first kappa shape index (κ1) is 19.4. The van der Waals surface area contributed by atoms with Crippen LogP contribution in [0.15, 0.2) is 36.4 Å². The van der Waals surface area contributed by atoms with E-state index >= 15 is 0 Å². The highest BCUT2D eigenvalue weighted by molar-refractivity contribution is 5.99. The summed E-state index contributed by atoms with van der Waals surface area (Å²) in [5.41, 5.74) is 5.98. The van der Waals surface area contributed by atoms with Gasteiger partial charge >= 0.3 is 0 Å². The molecule has 0 radical (unpaired) electrons. The summed E-state index contributed by atoms with van der Waals surface area (Å²) in [6.45, 7) is 6.38. The number of benzene rings is 2. The van der Waals surface area contributed by atoms with Crippen LogP contribution < -0.4 is 5.32 Å². The minimum Gasteiger partial charge on any atom is -0.329 e. The largest absolute Gasteiger partial charge is 0.329 e. The number of carbonyl (C=O) groups is 1. The second kappa shape index (κ2) is 7.72. The molecule has 27 heavy (non-hydrogen) atoms. The highest BCUT2D eigenvalue weighted by Gasteiger charge is 2.43. The molecule has 0 spiro atoms. The van der Waals surface area contributed by atoms with E-state index in [-0.39, 0.29) is 24.4 Å². The van der Waals surface area contributed by atoms with Gasteiger partial charge in [-0.3, -0.25) is 4.79 Å². The predicted molar refractivity (Wildman–Crippen MR) is 108 cm³/mol. The number of nitriles is 1. The van der Waals surface area contributed by atoms with Crippen LogP contribution in [0.5, 0.6) is 0 Å². The van der Waals surface area contributed by atoms with Crippen molar-refractivity contribution in [2.24, 2.45) is 0 Å². The monoisotopic (exact) mass is 381 g/mol. The second-order valence-electron chi connectivity index (χ2n) is 7.26. The van der Waals surface area contributed by atoms with Gasteiger partial charge in [0.15, 0.2) is 0 Å². The van der Waals surface area contributed by atoms with E-state index in [9.17, 15) is 10.1 Å². The third-order valence-corrected chi connectivity index (χ3v) is 5.77. The van der Waals surface area contributed by atoms with Gasteiger partial charge in [0.2, 0.25) is 0 Å². The summed E-state index contributed by atoms with van der Waals surface area (Å²) < 4.78 is 0. The molecule has 4 nitrogen and oxygen atoms in total. The van der Waals surface area contributed by atoms with Gasteiger partial charge in [-0.15, -0.1) is 12.4 Å². The quantitative estimate of drug-likeness (QED) is 0.884. The van der Waals surface area contributed by atoms with Crippen molar-refractivity contribution < 1.29 is 4.79 Å². The van der Waals surface area contributed by atoms with Crippen LogP contribution in [0.1, 0.15) is 51.0 Å². The zero-order valence-corrected chi connectivity index (χ0v) is 16.5. The minimum absolute atomic E-state index is 0. The van der Waals surface area contributed by atoms with Crippen molar-refractivity contribution in [2.45, 2.75) is 38.8 Å². The van der Waals surface area contributed by atoms with E-state index in [4.69, 9.17) is 0 Å². The number of aryl methyl sites for hydroxylation is 2. The molecule has 2 aromatic rings. The lowest BCUT2D eigenvalue weighted by Crippen LogP contribution is -2.48. The van der Waals surface area contributed by atoms with E-state index in [2.05, 4.69) is 30.4 Å². The highest BCUT2D eigenvalue weighted by Crippen LogP contribution is 2.38. The van der Waals surface area contributed by atoms with Crippen LogP contribution in [0.4, 0.5) is 0 Å². The average Bonchev–Trinajstić information content (AvgIpc) is 3.14. The Morgan fingerprint density at radius 2 is 2.04 bits per heavy atom. The maximum Gasteiger partial charge on any atom is 0.255 e. The number of hydrogen-bond acceptors (Lipinski definition) is 3. The molecule has 1 amide bonds. The Morgan fingerprint density at radius 1 is 1.26 bits per heavy atom. The van der Waals surface area contributed by atoms with E-state index in [0.29, 0.717) is 18.0 Å². The number of amides is 1. The molecule has 5 heteroatoms. The van der Waals surface area contributed by atoms with Gasteiger partial charge in [0.05, 0.1) is 17.7 Å². The molecule has 4 rings (SSSR count). The van der Waals surface area contributed by atoms with E-state index in [1.807, 2.05) is 36.1 Å². The van der Waals surface area contributed by atoms with Crippen molar-refractivity contribution in [2.75, 3.05) is 13.1 Å². The van der Waals surface area contributed by atoms with Crippen LogP contribution in [0.25, 0.3) is 0 Å². The van der Waals surface area contributed by atoms with Crippen molar-refractivity contribution in [3.63, 3.8) is 0 Å². The van der Waals surface area contributed by atoms with Crippen LogP contribution >= 0.6 is 12.4 Å². The zero-order valence-electron chi connectivity index (χ0n) is 15.7. The third-order valence-electron chi connectivity index (χ3n) is 5.77. The molecular weight excluding hydrogens is 358 g/mol. The molecule has 0 aliphatic carbocycles. The van der Waals surface area contributed by atoms with Crippen molar-refractivity contribution in [3.05, 3.63) is 69.8 Å². The first-order valence-electron chi connectivity index (χ1n) is 9.27. The Hall–Kier alpha value is -2.35. The lowest BCUT2D eigenvalue weighted by atomic mass is 9.81. The molecule has 2 aromatic carbocycles. The maximum atomic E-state index is 13.4. The average molecular weight is 382 g/mol. The van der Waals surface area contributed by atoms with Crippen LogP contribution in [0, 0.1) is 18.3 Å². The number of hydrogen-bond donors (Lipinski definition) is 1. The SMILES string of the molecule is CCc1cc(C)c2c(c1)[C@@H]1CNC[C@@H]1N(Cc1ccccc1C#N)C2=O.Cl. The number of carbonyl (C=O) groups excluding carboxylic acids is 1. The lowest BCUT2D eigenvalue weighted by Gasteiger charge is -2.39. The summed E-state index contributed by atoms with van der Waals surface area (Å²) in [5, 5.41) is 12.9. The molecule has 140 valence electrons. The summed E-state index contributed by atoms with van der Waals surface area (Å²) >= 11 is 0. The molecule has 2 atom stereocenters. The summed E-state index contributed by atoms with van der Waals surface area (Å²) in [5.74, 6) is 0.417. The molecule has 2 heterocycles. The Morgan fingerprint density at radius 3 is 2.78 bits per heavy atom. The van der Waals surface area contributed by atoms with Crippen LogP contribution in [-0.2, 0) is 13.0 Å². The van der Waals surface area contributed by atoms with Gasteiger partial charge in [-0.25, -0.2) is 0 Å². The van der Waals surface area contributed by atoms with Gasteiger partial charge < -0.3 is 10.2 Å². The van der Waals surface area contributed by atoms with Crippen molar-refractivity contribution in [1.29, 1.82) is 5.26 Å². The Kier molecular flexibility index (Phi) is 5.55. The molecule has 2 aliphatic heterocycles. The maximum absolute atomic E-state index is 13.4. The highest BCUT2D eigenvalue weighted by atomic mass is 35.5. The Bertz CT molecular complexity index is 918. The normalized spacial score (nSPS) is 20.5. The predicted octanol–water partition coefficient (Wildman–Crippen LogP) is 3.56. The Labute approximate surface area is 166 Å². The van der Waals surface area contributed by atoms with Crippen molar-refractivity contribution in [1.82, 2.24) is 10.2 Å². The lowest BCUT2D eigenvalue weighted by molar-refractivity contribution is 0.0629. The molecule has 1 fully saturated rings. The standard InChI is InChI=1S/C22H23N3O.ClH/c1-3-15-8-14(2)21-18(9-15)19-11-24-12-20(19)25(22(21)26)13-17-7-5-4-6-16(17)10-23;/h4-9,19-20,24H,3,11-13H2,1-2H3;1H/t19-,20-;/m0./s1. The fourth-order valence-electron chi connectivity index (χ4n) is 4.42. The number of rotatable bonds is 3. The fourth-order valence-corrected chi connectivity index (χ4v) is 4.42. The zero-order chi connectivity index (χ0) is 18.3. The van der Waals surface area contributed by atoms with Gasteiger partial charge in [0.25, 0.3) is 5.91 Å². The smallest absolute Gasteiger partial charge is 0.255 e. The van der Waals surface area contributed by atoms with Gasteiger partial charge in [-0.1, -0.05) is 37.3 Å². The van der Waals surface area contributed by atoms with E-state index in [1.54, 1.807) is 0 Å². The molecule has 1 saturated heterocycles. The van der Waals surface area contributed by atoms with E-state index in [0.717, 1.165) is 36.2 Å². The number of nitrogens with zero attached hydrogens (tertiary/aromatic N) is 2. The summed E-state index contributed by atoms with van der Waals surface area (Å²) in [4.78, 5) is 15.4. The molecule has 0 saturated carbocycles. The fraction of sp³-hybridized carbons (Fsp3) is 0.364. The van der Waals surface area contributed by atoms with Crippen LogP contribution in [0.2, 0.25) is 0 Å². The molecule has 0 aromatic heterocycles. The van der Waals surface area contributed by atoms with Crippen molar-refractivity contribution >= 4 is 18.3 Å². The second-order valence-corrected chi connectivity index (χ2v) is 7.26. The van der Waals surface area contributed by atoms with Crippen molar-refractivity contribution in [3.8, 4) is 6.07 Å². The first-order chi connectivity index (χ1) is 12.6. The summed E-state index contributed by atoms with van der Waals surface area (Å²) in [6.07, 6.45) is 0.979. The molecular formula is C22H24ClN3O. The van der Waals surface area contributed by atoms with E-state index < -0.39 is 0 Å². The number of fused-ring (bicyclic) bond motifs is 3. The van der Waals surface area contributed by atoms with E-state index in [1.165, 1.54) is 11.1 Å². The van der Waals surface area contributed by atoms with Gasteiger partial charge in [-0.2, -0.15) is 5.26 Å². The summed E-state index contributed by atoms with van der Waals surface area (Å²) in [7, 11) is 0. The van der Waals surface area contributed by atoms with Gasteiger partial charge in [0.1, 0.15) is 0 Å². The molecule has 1 N–H and O–H groups in total. The third kappa shape index (κ3) is 3.22. The molecule has 0 unspecified atom stereocenters. The molecule has 0 bridgehead atoms. The number of nitrogens with one attached hydrogen (secondary N) is 1. The molecule has 2 aliphatic rings. The van der Waals surface area contributed by atoms with Gasteiger partial charge in [-0.05, 0) is 41.7 Å². The Balaban J connectivity index is 0.00000210. The van der Waals surface area contributed by atoms with Crippen LogP contribution in [0.3, 0.4) is 0 Å². The van der Waals surface area contributed by atoms with Gasteiger partial charge in [0, 0.05) is 31.1 Å². The number of halogens is 1. The topological polar surface area (TPSA) is 56.1 Å². The van der Waals surface area contributed by atoms with Crippen LogP contribution in [-0.4, -0.2) is 29.9 Å².